The SMILES string of the molecule is CN1CCN(C(=O)O)C(C2CCN(S(=O)(=O)c3cc(C(=O)Nc4cc(F)c(F)c(F)c4)ccc3F)CC2)C1. The molecule has 1 atom stereocenters. The largest absolute Gasteiger partial charge is 0.465 e. The summed E-state index contributed by atoms with van der Waals surface area (Å²) < 4.78 is 82.4. The average Bonchev–Trinajstić information content (AvgIpc) is 2.87. The number of rotatable bonds is 5. The van der Waals surface area contributed by atoms with Crippen LogP contribution in [0.4, 0.5) is 28.0 Å². The van der Waals surface area contributed by atoms with Crippen molar-refractivity contribution in [1.29, 1.82) is 0 Å². The van der Waals surface area contributed by atoms with Crippen LogP contribution < -0.4 is 5.32 Å². The average molecular weight is 559 g/mol. The van der Waals surface area contributed by atoms with Gasteiger partial charge in [0.2, 0.25) is 10.0 Å². The Morgan fingerprint density at radius 3 is 2.18 bits per heavy atom. The summed E-state index contributed by atoms with van der Waals surface area (Å²) in [6.45, 7) is 1.54. The van der Waals surface area contributed by atoms with Crippen molar-refractivity contribution in [3.05, 3.63) is 59.2 Å². The number of nitrogens with one attached hydrogen (secondary N) is 1. The van der Waals surface area contributed by atoms with E-state index in [0.717, 1.165) is 22.5 Å². The predicted molar refractivity (Wildman–Crippen MR) is 128 cm³/mol. The van der Waals surface area contributed by atoms with Gasteiger partial charge in [0, 0.05) is 56.1 Å². The number of carboxylic acid groups (broad SMARTS) is 1. The number of benzene rings is 2. The molecule has 1 unspecified atom stereocenters. The third kappa shape index (κ3) is 5.61. The molecule has 38 heavy (non-hydrogen) atoms. The molecule has 2 N–H and O–H groups in total. The number of hydrogen-bond acceptors (Lipinski definition) is 5. The number of carbonyl (C=O) groups excluding carboxylic acids is 1. The van der Waals surface area contributed by atoms with Gasteiger partial charge in [-0.2, -0.15) is 4.31 Å². The molecular formula is C24H26F4N4O5S. The van der Waals surface area contributed by atoms with E-state index >= 15 is 0 Å². The van der Waals surface area contributed by atoms with Crippen molar-refractivity contribution in [2.24, 2.45) is 5.92 Å². The van der Waals surface area contributed by atoms with Gasteiger partial charge < -0.3 is 20.2 Å². The van der Waals surface area contributed by atoms with Crippen molar-refractivity contribution >= 4 is 27.7 Å². The van der Waals surface area contributed by atoms with Gasteiger partial charge in [0.1, 0.15) is 10.7 Å². The molecule has 2 aromatic carbocycles. The number of sulfonamides is 1. The molecule has 9 nitrogen and oxygen atoms in total. The molecular weight excluding hydrogens is 532 g/mol. The van der Waals surface area contributed by atoms with E-state index in [0.29, 0.717) is 44.6 Å². The summed E-state index contributed by atoms with van der Waals surface area (Å²) in [5.41, 5.74) is -0.710. The summed E-state index contributed by atoms with van der Waals surface area (Å²) in [6.07, 6.45) is -0.294. The molecule has 2 heterocycles. The Morgan fingerprint density at radius 1 is 0.947 bits per heavy atom. The normalized spacial score (nSPS) is 19.9. The Kier molecular flexibility index (Phi) is 7.95. The van der Waals surface area contributed by atoms with Gasteiger partial charge in [0.25, 0.3) is 5.91 Å². The second kappa shape index (κ2) is 10.9. The summed E-state index contributed by atoms with van der Waals surface area (Å²) in [6, 6.07) is 3.44. The smallest absolute Gasteiger partial charge is 0.407 e. The van der Waals surface area contributed by atoms with E-state index in [1.807, 2.05) is 11.9 Å². The second-order valence-electron chi connectivity index (χ2n) is 9.40. The fourth-order valence-electron chi connectivity index (χ4n) is 4.91. The Bertz CT molecular complexity index is 1330. The van der Waals surface area contributed by atoms with Gasteiger partial charge >= 0.3 is 6.09 Å². The van der Waals surface area contributed by atoms with Gasteiger partial charge in [-0.25, -0.2) is 30.8 Å². The lowest BCUT2D eigenvalue weighted by Gasteiger charge is -2.44. The molecule has 4 rings (SSSR count). The molecule has 0 saturated carbocycles. The number of carbonyl (C=O) groups is 2. The molecule has 0 aliphatic carbocycles. The number of piperazine rings is 1. The molecule has 2 amide bonds. The number of likely N-dealkylation sites (N-methyl/N-ethyl adjacent to an activating group) is 1. The van der Waals surface area contributed by atoms with Crippen LogP contribution in [0.2, 0.25) is 0 Å². The van der Waals surface area contributed by atoms with Crippen LogP contribution in [0.25, 0.3) is 0 Å². The molecule has 206 valence electrons. The zero-order chi connectivity index (χ0) is 27.8. The second-order valence-corrected chi connectivity index (χ2v) is 11.3. The van der Waals surface area contributed by atoms with E-state index in [1.54, 1.807) is 0 Å². The predicted octanol–water partition coefficient (Wildman–Crippen LogP) is 3.19. The van der Waals surface area contributed by atoms with Gasteiger partial charge in [0.05, 0.1) is 6.04 Å². The summed E-state index contributed by atoms with van der Waals surface area (Å²) in [4.78, 5) is 26.9. The topological polar surface area (TPSA) is 110 Å². The number of hydrogen-bond donors (Lipinski definition) is 2. The molecule has 2 aliphatic rings. The highest BCUT2D eigenvalue weighted by Crippen LogP contribution is 2.31. The first-order valence-electron chi connectivity index (χ1n) is 11.8. The van der Waals surface area contributed by atoms with Crippen LogP contribution in [-0.4, -0.2) is 85.4 Å². The number of nitrogens with zero attached hydrogens (tertiary/aromatic N) is 3. The summed E-state index contributed by atoms with van der Waals surface area (Å²) in [7, 11) is -2.48. The number of amides is 2. The summed E-state index contributed by atoms with van der Waals surface area (Å²) >= 11 is 0. The van der Waals surface area contributed by atoms with Crippen LogP contribution in [-0.2, 0) is 10.0 Å². The van der Waals surface area contributed by atoms with E-state index in [4.69, 9.17) is 0 Å². The maximum Gasteiger partial charge on any atom is 0.407 e. The van der Waals surface area contributed by atoms with Crippen molar-refractivity contribution in [3.63, 3.8) is 0 Å². The van der Waals surface area contributed by atoms with Gasteiger partial charge in [-0.15, -0.1) is 0 Å². The summed E-state index contributed by atoms with van der Waals surface area (Å²) in [5.74, 6) is -6.93. The Morgan fingerprint density at radius 2 is 1.58 bits per heavy atom. The van der Waals surface area contributed by atoms with E-state index in [-0.39, 0.29) is 30.6 Å². The first-order valence-corrected chi connectivity index (χ1v) is 13.3. The number of halogens is 4. The van der Waals surface area contributed by atoms with E-state index < -0.39 is 55.9 Å². The zero-order valence-corrected chi connectivity index (χ0v) is 21.1. The van der Waals surface area contributed by atoms with Crippen LogP contribution in [0.1, 0.15) is 23.2 Å². The molecule has 2 aliphatic heterocycles. The minimum atomic E-state index is -4.37. The summed E-state index contributed by atoms with van der Waals surface area (Å²) in [5, 5.41) is 11.7. The zero-order valence-electron chi connectivity index (χ0n) is 20.3. The molecule has 14 heteroatoms. The quantitative estimate of drug-likeness (QED) is 0.431. The molecule has 0 spiro atoms. The van der Waals surface area contributed by atoms with Crippen LogP contribution in [0.5, 0.6) is 0 Å². The number of piperidine rings is 1. The molecule has 0 radical (unpaired) electrons. The van der Waals surface area contributed by atoms with Gasteiger partial charge in [-0.05, 0) is 44.0 Å². The van der Waals surface area contributed by atoms with Gasteiger partial charge in [-0.3, -0.25) is 4.79 Å². The van der Waals surface area contributed by atoms with E-state index in [1.165, 1.54) is 4.90 Å². The highest BCUT2D eigenvalue weighted by Gasteiger charge is 2.39. The molecule has 2 saturated heterocycles. The Balaban J connectivity index is 1.49. The van der Waals surface area contributed by atoms with Crippen molar-refractivity contribution in [2.75, 3.05) is 45.1 Å². The fourth-order valence-corrected chi connectivity index (χ4v) is 6.47. The minimum absolute atomic E-state index is 0.0324. The lowest BCUT2D eigenvalue weighted by Crippen LogP contribution is -2.58. The lowest BCUT2D eigenvalue weighted by atomic mass is 9.88. The third-order valence-electron chi connectivity index (χ3n) is 6.96. The van der Waals surface area contributed by atoms with Crippen molar-refractivity contribution in [1.82, 2.24) is 14.1 Å². The van der Waals surface area contributed by atoms with E-state index in [9.17, 15) is 40.7 Å². The molecule has 0 aromatic heterocycles. The number of anilines is 1. The fraction of sp³-hybridized carbons (Fsp3) is 0.417. The van der Waals surface area contributed by atoms with Gasteiger partial charge in [0.15, 0.2) is 17.5 Å². The van der Waals surface area contributed by atoms with Crippen LogP contribution in [0.3, 0.4) is 0 Å². The third-order valence-corrected chi connectivity index (χ3v) is 8.88. The molecule has 0 bridgehead atoms. The van der Waals surface area contributed by atoms with E-state index in [2.05, 4.69) is 5.32 Å². The van der Waals surface area contributed by atoms with Crippen LogP contribution >= 0.6 is 0 Å². The maximum absolute atomic E-state index is 14.7. The van der Waals surface area contributed by atoms with Crippen LogP contribution in [0.15, 0.2) is 35.2 Å². The van der Waals surface area contributed by atoms with Crippen molar-refractivity contribution in [3.8, 4) is 0 Å². The first kappa shape index (κ1) is 27.8. The van der Waals surface area contributed by atoms with Gasteiger partial charge in [-0.1, -0.05) is 0 Å². The highest BCUT2D eigenvalue weighted by molar-refractivity contribution is 7.89. The minimum Gasteiger partial charge on any atom is -0.465 e. The standard InChI is InChI=1S/C24H26F4N4O5S/c1-30-8-9-32(24(34)35)20(13-30)14-4-6-31(7-5-14)38(36,37)21-10-15(2-3-17(21)25)23(33)29-16-11-18(26)22(28)19(27)12-16/h2-3,10-12,14,20H,4-9,13H2,1H3,(H,29,33)(H,34,35). The maximum atomic E-state index is 14.7. The lowest BCUT2D eigenvalue weighted by molar-refractivity contribution is 0.0396. The van der Waals surface area contributed by atoms with Crippen molar-refractivity contribution < 1.29 is 40.7 Å². The molecule has 2 aromatic rings. The first-order chi connectivity index (χ1) is 17.9. The van der Waals surface area contributed by atoms with Crippen molar-refractivity contribution in [2.45, 2.75) is 23.8 Å². The monoisotopic (exact) mass is 558 g/mol. The Hall–Kier alpha value is -3.23. The Labute approximate surface area is 216 Å². The highest BCUT2D eigenvalue weighted by atomic mass is 32.2. The van der Waals surface area contributed by atoms with Crippen LogP contribution in [0, 0.1) is 29.2 Å². The molecule has 2 fully saturated rings.